The van der Waals surface area contributed by atoms with E-state index in [2.05, 4.69) is 47.4 Å². The van der Waals surface area contributed by atoms with E-state index in [4.69, 9.17) is 14.2 Å². The Balaban J connectivity index is 1.30. The number of aliphatic hydroxyl groups excluding tert-OH is 1. The highest BCUT2D eigenvalue weighted by molar-refractivity contribution is 5.80. The molecule has 0 bridgehead atoms. The molecule has 2 aromatic rings. The molecule has 2 aliphatic rings. The molecule has 8 heteroatoms. The van der Waals surface area contributed by atoms with Crippen LogP contribution in [0.1, 0.15) is 37.7 Å². The summed E-state index contributed by atoms with van der Waals surface area (Å²) in [5.74, 6) is -0.414. The zero-order chi connectivity index (χ0) is 29.0. The van der Waals surface area contributed by atoms with Gasteiger partial charge in [0, 0.05) is 52.0 Å². The van der Waals surface area contributed by atoms with Crippen molar-refractivity contribution in [2.75, 3.05) is 47.0 Å². The summed E-state index contributed by atoms with van der Waals surface area (Å²) < 4.78 is 17.1. The number of hydrogen-bond donors (Lipinski definition) is 1. The van der Waals surface area contributed by atoms with Crippen molar-refractivity contribution in [1.82, 2.24) is 9.80 Å². The lowest BCUT2D eigenvalue weighted by Gasteiger charge is -2.38. The first-order valence-corrected chi connectivity index (χ1v) is 14.7. The van der Waals surface area contributed by atoms with Crippen LogP contribution in [0.3, 0.4) is 0 Å². The second-order valence-electron chi connectivity index (χ2n) is 11.1. The summed E-state index contributed by atoms with van der Waals surface area (Å²) in [6, 6.07) is 18.9. The first kappa shape index (κ1) is 30.9. The van der Waals surface area contributed by atoms with Crippen molar-refractivity contribution in [2.45, 2.75) is 57.0 Å². The molecule has 8 nitrogen and oxygen atoms in total. The number of carbonyl (C=O) groups is 2. The van der Waals surface area contributed by atoms with E-state index in [-0.39, 0.29) is 43.0 Å². The average Bonchev–Trinajstić information content (AvgIpc) is 3.32. The molecule has 1 amide bonds. The molecule has 4 rings (SSSR count). The van der Waals surface area contributed by atoms with Crippen LogP contribution >= 0.6 is 0 Å². The van der Waals surface area contributed by atoms with Crippen molar-refractivity contribution >= 4 is 11.9 Å². The summed E-state index contributed by atoms with van der Waals surface area (Å²) in [5.41, 5.74) is 3.49. The molecular weight excluding hydrogens is 520 g/mol. The summed E-state index contributed by atoms with van der Waals surface area (Å²) in [6.45, 7) is 3.30. The zero-order valence-electron chi connectivity index (χ0n) is 24.3. The van der Waals surface area contributed by atoms with Gasteiger partial charge in [-0.15, -0.1) is 0 Å². The molecule has 222 valence electrons. The van der Waals surface area contributed by atoms with Gasteiger partial charge in [0.2, 0.25) is 0 Å². The van der Waals surface area contributed by atoms with E-state index in [1.807, 2.05) is 24.3 Å². The molecule has 41 heavy (non-hydrogen) atoms. The number of morpholine rings is 1. The molecule has 0 radical (unpaired) electrons. The Hall–Kier alpha value is -3.04. The molecule has 1 saturated carbocycles. The van der Waals surface area contributed by atoms with Crippen molar-refractivity contribution in [3.63, 3.8) is 0 Å². The van der Waals surface area contributed by atoms with Crippen molar-refractivity contribution in [1.29, 1.82) is 0 Å². The molecule has 1 aliphatic carbocycles. The molecule has 0 aromatic heterocycles. The van der Waals surface area contributed by atoms with E-state index < -0.39 is 6.10 Å². The van der Waals surface area contributed by atoms with Crippen LogP contribution in [0, 0.1) is 5.92 Å². The first-order valence-electron chi connectivity index (χ1n) is 14.7. The lowest BCUT2D eigenvalue weighted by molar-refractivity contribution is -0.150. The number of carbonyl (C=O) groups excluding carboxylic acids is 2. The van der Waals surface area contributed by atoms with Crippen molar-refractivity contribution < 1.29 is 28.9 Å². The van der Waals surface area contributed by atoms with Gasteiger partial charge in [-0.05, 0) is 36.0 Å². The summed E-state index contributed by atoms with van der Waals surface area (Å²) in [4.78, 5) is 27.2. The number of ether oxygens (including phenoxy) is 3. The van der Waals surface area contributed by atoms with Crippen molar-refractivity contribution in [3.8, 4) is 11.1 Å². The third kappa shape index (κ3) is 9.23. The maximum atomic E-state index is 11.9. The normalized spacial score (nSPS) is 23.1. The molecular formula is C33H44N2O6. The van der Waals surface area contributed by atoms with Crippen LogP contribution < -0.4 is 0 Å². The predicted octanol–water partition coefficient (Wildman–Crippen LogP) is 4.07. The number of allylic oxidation sites excluding steroid dienone is 2. The smallest absolute Gasteiger partial charge is 0.306 e. The van der Waals surface area contributed by atoms with E-state index in [1.54, 1.807) is 14.1 Å². The number of nitrogens with zero attached hydrogens (tertiary/aromatic N) is 2. The number of amides is 1. The van der Waals surface area contributed by atoms with Crippen LogP contribution in [-0.2, 0) is 30.4 Å². The molecule has 1 heterocycles. The minimum atomic E-state index is -0.438. The average molecular weight is 565 g/mol. The number of rotatable bonds is 13. The van der Waals surface area contributed by atoms with Gasteiger partial charge in [-0.2, -0.15) is 0 Å². The predicted molar refractivity (Wildman–Crippen MR) is 158 cm³/mol. The monoisotopic (exact) mass is 564 g/mol. The Morgan fingerprint density at radius 2 is 1.68 bits per heavy atom. The molecule has 4 atom stereocenters. The Labute approximate surface area is 243 Å². The lowest BCUT2D eigenvalue weighted by atomic mass is 9.93. The highest BCUT2D eigenvalue weighted by Crippen LogP contribution is 2.37. The Bertz CT molecular complexity index is 1110. The number of benzene rings is 2. The topological polar surface area (TPSA) is 88.5 Å². The van der Waals surface area contributed by atoms with Crippen LogP contribution in [-0.4, -0.2) is 92.0 Å². The Morgan fingerprint density at radius 3 is 2.39 bits per heavy atom. The second kappa shape index (κ2) is 15.8. The summed E-state index contributed by atoms with van der Waals surface area (Å²) in [5, 5.41) is 11.1. The maximum Gasteiger partial charge on any atom is 0.306 e. The SMILES string of the molecule is CN(C)C(=O)COC(=O)CC/C=C\CC[C@@H]1[C@@H](N2CCOCC2)[C@@H](O)C[C@@H]1OCc1ccc(-c2ccccc2)cc1. The lowest BCUT2D eigenvalue weighted by Crippen LogP contribution is -2.50. The van der Waals surface area contributed by atoms with Gasteiger partial charge in [-0.1, -0.05) is 66.7 Å². The van der Waals surface area contributed by atoms with Gasteiger partial charge >= 0.3 is 5.97 Å². The third-order valence-corrected chi connectivity index (χ3v) is 7.98. The summed E-state index contributed by atoms with van der Waals surface area (Å²) >= 11 is 0. The number of likely N-dealkylation sites (N-methyl/N-ethyl adjacent to an activating group) is 1. The fraction of sp³-hybridized carbons (Fsp3) is 0.515. The van der Waals surface area contributed by atoms with Gasteiger partial charge in [0.25, 0.3) is 5.91 Å². The van der Waals surface area contributed by atoms with Crippen molar-refractivity contribution in [2.24, 2.45) is 5.92 Å². The summed E-state index contributed by atoms with van der Waals surface area (Å²) in [7, 11) is 3.26. The number of esters is 1. The third-order valence-electron chi connectivity index (χ3n) is 7.98. The van der Waals surface area contributed by atoms with E-state index in [0.717, 1.165) is 31.5 Å². The minimum Gasteiger partial charge on any atom is -0.456 e. The van der Waals surface area contributed by atoms with Gasteiger partial charge in [0.15, 0.2) is 6.61 Å². The van der Waals surface area contributed by atoms with E-state index in [1.165, 1.54) is 16.0 Å². The number of hydrogen-bond acceptors (Lipinski definition) is 7. The van der Waals surface area contributed by atoms with E-state index >= 15 is 0 Å². The fourth-order valence-corrected chi connectivity index (χ4v) is 5.69. The first-order chi connectivity index (χ1) is 19.9. The van der Waals surface area contributed by atoms with Gasteiger partial charge < -0.3 is 24.2 Å². The summed E-state index contributed by atoms with van der Waals surface area (Å²) in [6.07, 6.45) is 6.76. The van der Waals surface area contributed by atoms with Gasteiger partial charge in [0.05, 0.1) is 32.0 Å². The molecule has 2 fully saturated rings. The van der Waals surface area contributed by atoms with Crippen molar-refractivity contribution in [3.05, 3.63) is 72.3 Å². The highest BCUT2D eigenvalue weighted by Gasteiger charge is 2.45. The zero-order valence-corrected chi connectivity index (χ0v) is 24.3. The minimum absolute atomic E-state index is 0.0377. The standard InChI is InChI=1S/C33H44N2O6/c1-34(2)31(37)24-41-32(38)13-9-4-3-8-12-28-30(22-29(36)33(28)35-18-20-39-21-19-35)40-23-25-14-16-27(17-15-25)26-10-6-5-7-11-26/h3-7,10-11,14-17,28-30,33,36H,8-9,12-13,18-24H2,1-2H3/b4-3-/t28-,29-,30-,33+/m0/s1. The second-order valence-corrected chi connectivity index (χ2v) is 11.1. The molecule has 1 saturated heterocycles. The quantitative estimate of drug-likeness (QED) is 0.290. The Kier molecular flexibility index (Phi) is 11.9. The largest absolute Gasteiger partial charge is 0.456 e. The van der Waals surface area contributed by atoms with Crippen LogP contribution in [0.15, 0.2) is 66.7 Å². The molecule has 1 aliphatic heterocycles. The number of aliphatic hydroxyl groups is 1. The maximum absolute atomic E-state index is 11.9. The van der Waals surface area contributed by atoms with Gasteiger partial charge in [-0.3, -0.25) is 14.5 Å². The van der Waals surface area contributed by atoms with Crippen LogP contribution in [0.5, 0.6) is 0 Å². The van der Waals surface area contributed by atoms with Crippen LogP contribution in [0.4, 0.5) is 0 Å². The molecule has 2 aromatic carbocycles. The molecule has 1 N–H and O–H groups in total. The van der Waals surface area contributed by atoms with Crippen LogP contribution in [0.2, 0.25) is 0 Å². The van der Waals surface area contributed by atoms with Gasteiger partial charge in [-0.25, -0.2) is 0 Å². The highest BCUT2D eigenvalue weighted by atomic mass is 16.5. The van der Waals surface area contributed by atoms with Crippen LogP contribution in [0.25, 0.3) is 11.1 Å². The Morgan fingerprint density at radius 1 is 1.00 bits per heavy atom. The van der Waals surface area contributed by atoms with Gasteiger partial charge in [0.1, 0.15) is 0 Å². The molecule has 0 spiro atoms. The fourth-order valence-electron chi connectivity index (χ4n) is 5.69. The van der Waals surface area contributed by atoms with E-state index in [9.17, 15) is 14.7 Å². The molecule has 0 unspecified atom stereocenters. The van der Waals surface area contributed by atoms with E-state index in [0.29, 0.717) is 32.7 Å².